The highest BCUT2D eigenvalue weighted by atomic mass is 35.5. The third-order valence-corrected chi connectivity index (χ3v) is 3.55. The molecule has 0 aliphatic rings. The monoisotopic (exact) mass is 326 g/mol. The molecule has 0 spiro atoms. The molecule has 0 fully saturated rings. The lowest BCUT2D eigenvalue weighted by atomic mass is 10.1. The van der Waals surface area contributed by atoms with Crippen LogP contribution in [-0.4, -0.2) is 26.5 Å². The number of benzene rings is 1. The van der Waals surface area contributed by atoms with E-state index in [4.69, 9.17) is 11.6 Å². The molecule has 0 unspecified atom stereocenters. The number of aliphatic carboxylic acids is 1. The van der Waals surface area contributed by atoms with Crippen LogP contribution in [0.15, 0.2) is 24.3 Å². The van der Waals surface area contributed by atoms with Gasteiger partial charge >= 0.3 is 12.0 Å². The zero-order valence-corrected chi connectivity index (χ0v) is 12.4. The van der Waals surface area contributed by atoms with E-state index < -0.39 is 18.0 Å². The van der Waals surface area contributed by atoms with Gasteiger partial charge < -0.3 is 10.4 Å². The van der Waals surface area contributed by atoms with Crippen molar-refractivity contribution < 1.29 is 14.7 Å². The first kappa shape index (κ1) is 15.2. The number of anilines is 1. The summed E-state index contributed by atoms with van der Waals surface area (Å²) in [7, 11) is 0. The van der Waals surface area contributed by atoms with Gasteiger partial charge in [0.15, 0.2) is 6.04 Å². The second kappa shape index (κ2) is 6.51. The van der Waals surface area contributed by atoms with Crippen LogP contribution in [0.4, 0.5) is 9.93 Å². The Bertz CT molecular complexity index is 676. The normalized spacial score (nSPS) is 11.7. The topological polar surface area (TPSA) is 104 Å². The van der Waals surface area contributed by atoms with E-state index in [1.165, 1.54) is 6.07 Å². The Kier molecular flexibility index (Phi) is 4.71. The molecule has 0 aliphatic heterocycles. The first-order valence-corrected chi connectivity index (χ1v) is 6.97. The standard InChI is InChI=1S/C12H11ClN4O3S/c1-6-14-12(21-17-6)16-11(20)15-9(10(18)19)7-4-2-3-5-8(7)13/h2-5,9H,1H3,(H,18,19)(H2,14,15,16,17,20)/t9-/m1/s1. The molecule has 0 saturated heterocycles. The number of aryl methyl sites for hydroxylation is 1. The van der Waals surface area contributed by atoms with Gasteiger partial charge in [-0.15, -0.1) is 0 Å². The highest BCUT2D eigenvalue weighted by Crippen LogP contribution is 2.23. The number of halogens is 1. The molecule has 7 nitrogen and oxygen atoms in total. The number of urea groups is 1. The van der Waals surface area contributed by atoms with Crippen LogP contribution in [-0.2, 0) is 4.79 Å². The third-order valence-electron chi connectivity index (χ3n) is 2.49. The van der Waals surface area contributed by atoms with Crippen molar-refractivity contribution in [3.8, 4) is 0 Å². The molecule has 2 amide bonds. The Labute approximate surface area is 129 Å². The van der Waals surface area contributed by atoms with Gasteiger partial charge in [0.1, 0.15) is 5.82 Å². The van der Waals surface area contributed by atoms with Crippen LogP contribution in [0.2, 0.25) is 5.02 Å². The van der Waals surface area contributed by atoms with E-state index in [2.05, 4.69) is 20.0 Å². The van der Waals surface area contributed by atoms with Crippen LogP contribution < -0.4 is 10.6 Å². The molecule has 3 N–H and O–H groups in total. The van der Waals surface area contributed by atoms with Crippen LogP contribution in [0.1, 0.15) is 17.4 Å². The van der Waals surface area contributed by atoms with Gasteiger partial charge in [0.25, 0.3) is 0 Å². The Hall–Kier alpha value is -2.19. The van der Waals surface area contributed by atoms with Crippen molar-refractivity contribution in [2.45, 2.75) is 13.0 Å². The summed E-state index contributed by atoms with van der Waals surface area (Å²) in [5.74, 6) is -0.692. The van der Waals surface area contributed by atoms with Crippen molar-refractivity contribution in [2.24, 2.45) is 0 Å². The van der Waals surface area contributed by atoms with Gasteiger partial charge in [-0.25, -0.2) is 14.6 Å². The average Bonchev–Trinajstić information content (AvgIpc) is 2.82. The molecular weight excluding hydrogens is 316 g/mol. The fourth-order valence-electron chi connectivity index (χ4n) is 1.59. The van der Waals surface area contributed by atoms with Gasteiger partial charge in [-0.1, -0.05) is 29.8 Å². The molecule has 1 aromatic heterocycles. The number of aromatic nitrogens is 2. The van der Waals surface area contributed by atoms with Gasteiger partial charge in [0.2, 0.25) is 5.13 Å². The largest absolute Gasteiger partial charge is 0.479 e. The highest BCUT2D eigenvalue weighted by Gasteiger charge is 2.24. The summed E-state index contributed by atoms with van der Waals surface area (Å²) in [5, 5.41) is 14.6. The fraction of sp³-hybridized carbons (Fsp3) is 0.167. The minimum absolute atomic E-state index is 0.261. The molecule has 110 valence electrons. The third kappa shape index (κ3) is 3.89. The molecule has 1 atom stereocenters. The summed E-state index contributed by atoms with van der Waals surface area (Å²) in [6.45, 7) is 1.68. The van der Waals surface area contributed by atoms with Crippen LogP contribution in [0.25, 0.3) is 0 Å². The smallest absolute Gasteiger partial charge is 0.331 e. The van der Waals surface area contributed by atoms with Gasteiger partial charge in [-0.3, -0.25) is 5.32 Å². The summed E-state index contributed by atoms with van der Waals surface area (Å²) in [6, 6.07) is 4.46. The summed E-state index contributed by atoms with van der Waals surface area (Å²) in [5.41, 5.74) is 0.301. The lowest BCUT2D eigenvalue weighted by molar-refractivity contribution is -0.139. The number of hydrogen-bond donors (Lipinski definition) is 3. The highest BCUT2D eigenvalue weighted by molar-refractivity contribution is 7.09. The van der Waals surface area contributed by atoms with E-state index in [1.54, 1.807) is 25.1 Å². The van der Waals surface area contributed by atoms with Gasteiger partial charge in [0.05, 0.1) is 0 Å². The number of carboxylic acid groups (broad SMARTS) is 1. The summed E-state index contributed by atoms with van der Waals surface area (Å²) in [4.78, 5) is 27.1. The number of carbonyl (C=O) groups excluding carboxylic acids is 1. The predicted octanol–water partition coefficient (Wildman–Crippen LogP) is 2.45. The zero-order chi connectivity index (χ0) is 15.4. The lowest BCUT2D eigenvalue weighted by Crippen LogP contribution is -2.36. The van der Waals surface area contributed by atoms with Crippen molar-refractivity contribution in [1.82, 2.24) is 14.7 Å². The van der Waals surface area contributed by atoms with Crippen LogP contribution in [0, 0.1) is 6.92 Å². The SMILES string of the molecule is Cc1nsc(NC(=O)N[C@@H](C(=O)O)c2ccccc2Cl)n1. The maximum absolute atomic E-state index is 11.8. The molecule has 2 aromatic rings. The number of rotatable bonds is 4. The Morgan fingerprint density at radius 2 is 2.10 bits per heavy atom. The Morgan fingerprint density at radius 1 is 1.38 bits per heavy atom. The maximum Gasteiger partial charge on any atom is 0.331 e. The van der Waals surface area contributed by atoms with E-state index in [0.717, 1.165) is 11.5 Å². The molecule has 1 aromatic carbocycles. The van der Waals surface area contributed by atoms with Crippen LogP contribution >= 0.6 is 23.1 Å². The summed E-state index contributed by atoms with van der Waals surface area (Å²) in [6.07, 6.45) is 0. The minimum Gasteiger partial charge on any atom is -0.479 e. The molecule has 21 heavy (non-hydrogen) atoms. The lowest BCUT2D eigenvalue weighted by Gasteiger charge is -2.15. The zero-order valence-electron chi connectivity index (χ0n) is 10.8. The van der Waals surface area contributed by atoms with E-state index in [1.807, 2.05) is 0 Å². The molecule has 0 aliphatic carbocycles. The second-order valence-corrected chi connectivity index (χ2v) is 5.20. The van der Waals surface area contributed by atoms with Crippen molar-refractivity contribution in [3.05, 3.63) is 40.7 Å². The van der Waals surface area contributed by atoms with Crippen LogP contribution in [0.3, 0.4) is 0 Å². The number of carboxylic acids is 1. The number of nitrogens with zero attached hydrogens (tertiary/aromatic N) is 2. The Balaban J connectivity index is 2.12. The predicted molar refractivity (Wildman–Crippen MR) is 78.6 cm³/mol. The van der Waals surface area contributed by atoms with Crippen molar-refractivity contribution >= 4 is 40.3 Å². The van der Waals surface area contributed by atoms with E-state index in [-0.39, 0.29) is 10.2 Å². The van der Waals surface area contributed by atoms with Crippen LogP contribution in [0.5, 0.6) is 0 Å². The number of carbonyl (C=O) groups is 2. The van der Waals surface area contributed by atoms with Crippen molar-refractivity contribution in [1.29, 1.82) is 0 Å². The molecule has 0 saturated carbocycles. The quantitative estimate of drug-likeness (QED) is 0.800. The molecule has 0 radical (unpaired) electrons. The second-order valence-electron chi connectivity index (χ2n) is 4.04. The maximum atomic E-state index is 11.8. The fourth-order valence-corrected chi connectivity index (χ4v) is 2.41. The molecular formula is C12H11ClN4O3S. The summed E-state index contributed by atoms with van der Waals surface area (Å²) < 4.78 is 3.91. The molecule has 0 bridgehead atoms. The van der Waals surface area contributed by atoms with Crippen molar-refractivity contribution in [3.63, 3.8) is 0 Å². The number of nitrogens with one attached hydrogen (secondary N) is 2. The van der Waals surface area contributed by atoms with E-state index in [9.17, 15) is 14.7 Å². The first-order chi connectivity index (χ1) is 9.97. The average molecular weight is 327 g/mol. The molecule has 9 heteroatoms. The Morgan fingerprint density at radius 3 is 2.67 bits per heavy atom. The van der Waals surface area contributed by atoms with Gasteiger partial charge in [-0.05, 0) is 13.0 Å². The molecule has 2 rings (SSSR count). The van der Waals surface area contributed by atoms with Crippen molar-refractivity contribution in [2.75, 3.05) is 5.32 Å². The van der Waals surface area contributed by atoms with Gasteiger partial charge in [0, 0.05) is 22.1 Å². The van der Waals surface area contributed by atoms with E-state index in [0.29, 0.717) is 11.4 Å². The molecule has 1 heterocycles. The van der Waals surface area contributed by atoms with E-state index >= 15 is 0 Å². The first-order valence-electron chi connectivity index (χ1n) is 5.82. The van der Waals surface area contributed by atoms with Gasteiger partial charge in [-0.2, -0.15) is 4.37 Å². The number of amides is 2. The summed E-state index contributed by atoms with van der Waals surface area (Å²) >= 11 is 6.96. The minimum atomic E-state index is -1.26. The number of hydrogen-bond acceptors (Lipinski definition) is 5.